The van der Waals surface area contributed by atoms with E-state index in [0.717, 1.165) is 12.8 Å². The van der Waals surface area contributed by atoms with Crippen LogP contribution in [0.25, 0.3) is 0 Å². The van der Waals surface area contributed by atoms with Crippen molar-refractivity contribution in [2.24, 2.45) is 56.7 Å². The standard InChI is InChI=1S/C34H54O4/c1-21(2)24-12-17-34(20-37-22(3)35)19-18-32(8)25(29(24)34)10-11-27-31(7)15-14-28(38-23(4)36)30(5,6)26(31)13-16-33(27,32)9/h24-29H,1,10-20H2,2-9H3/t24-,25+,26+,27-,28+,29+,31-,32-,33+,34-/m1/s1. The molecular formula is C34H54O4. The van der Waals surface area contributed by atoms with E-state index in [2.05, 4.69) is 48.1 Å². The third-order valence-electron chi connectivity index (χ3n) is 14.0. The Morgan fingerprint density at radius 3 is 2.11 bits per heavy atom. The normalized spacial score (nSPS) is 49.1. The first-order valence-electron chi connectivity index (χ1n) is 15.6. The topological polar surface area (TPSA) is 52.6 Å². The summed E-state index contributed by atoms with van der Waals surface area (Å²) in [6, 6.07) is 0. The summed E-state index contributed by atoms with van der Waals surface area (Å²) in [6.07, 6.45) is 12.0. The van der Waals surface area contributed by atoms with Gasteiger partial charge in [-0.15, -0.1) is 0 Å². The average Bonchev–Trinajstić information content (AvgIpc) is 3.20. The largest absolute Gasteiger partial charge is 0.465 e. The van der Waals surface area contributed by atoms with E-state index in [1.54, 1.807) is 13.8 Å². The maximum atomic E-state index is 11.9. The molecule has 5 fully saturated rings. The second-order valence-corrected chi connectivity index (χ2v) is 15.8. The molecule has 0 aromatic heterocycles. The van der Waals surface area contributed by atoms with Crippen LogP contribution in [0.5, 0.6) is 0 Å². The zero-order valence-electron chi connectivity index (χ0n) is 25.6. The van der Waals surface area contributed by atoms with Crippen molar-refractivity contribution in [1.29, 1.82) is 0 Å². The molecule has 10 atom stereocenters. The lowest BCUT2D eigenvalue weighted by molar-refractivity contribution is -0.252. The zero-order chi connectivity index (χ0) is 27.9. The van der Waals surface area contributed by atoms with Crippen LogP contribution in [-0.4, -0.2) is 24.6 Å². The van der Waals surface area contributed by atoms with Crippen LogP contribution in [0.3, 0.4) is 0 Å². The van der Waals surface area contributed by atoms with Crippen LogP contribution in [0.15, 0.2) is 12.2 Å². The Kier molecular flexibility index (Phi) is 6.76. The Hall–Kier alpha value is -1.32. The van der Waals surface area contributed by atoms with Gasteiger partial charge in [-0.3, -0.25) is 9.59 Å². The molecule has 5 aliphatic carbocycles. The minimum Gasteiger partial charge on any atom is -0.465 e. The highest BCUT2D eigenvalue weighted by Crippen LogP contribution is 2.77. The molecule has 38 heavy (non-hydrogen) atoms. The highest BCUT2D eigenvalue weighted by molar-refractivity contribution is 5.66. The lowest BCUT2D eigenvalue weighted by Crippen LogP contribution is -2.67. The van der Waals surface area contributed by atoms with Crippen molar-refractivity contribution in [3.63, 3.8) is 0 Å². The molecule has 0 aromatic carbocycles. The molecule has 0 aliphatic heterocycles. The predicted molar refractivity (Wildman–Crippen MR) is 151 cm³/mol. The van der Waals surface area contributed by atoms with Crippen molar-refractivity contribution >= 4 is 11.9 Å². The molecule has 214 valence electrons. The Morgan fingerprint density at radius 2 is 1.47 bits per heavy atom. The average molecular weight is 527 g/mol. The summed E-state index contributed by atoms with van der Waals surface area (Å²) in [5, 5.41) is 0. The number of ether oxygens (including phenoxy) is 2. The molecule has 0 heterocycles. The van der Waals surface area contributed by atoms with Gasteiger partial charge in [0.2, 0.25) is 0 Å². The zero-order valence-corrected chi connectivity index (χ0v) is 25.6. The second-order valence-electron chi connectivity index (χ2n) is 15.8. The first kappa shape index (κ1) is 28.2. The van der Waals surface area contributed by atoms with Gasteiger partial charge in [0, 0.05) is 24.7 Å². The Bertz CT molecular complexity index is 998. The molecule has 4 nitrogen and oxygen atoms in total. The number of hydrogen-bond acceptors (Lipinski definition) is 4. The van der Waals surface area contributed by atoms with Crippen molar-refractivity contribution in [3.05, 3.63) is 12.2 Å². The van der Waals surface area contributed by atoms with E-state index in [-0.39, 0.29) is 39.7 Å². The maximum absolute atomic E-state index is 11.9. The predicted octanol–water partition coefficient (Wildman–Crippen LogP) is 8.14. The summed E-state index contributed by atoms with van der Waals surface area (Å²) in [7, 11) is 0. The number of esters is 2. The highest BCUT2D eigenvalue weighted by Gasteiger charge is 2.71. The lowest BCUT2D eigenvalue weighted by atomic mass is 9.32. The number of carbonyl (C=O) groups is 2. The third-order valence-corrected chi connectivity index (χ3v) is 14.0. The SMILES string of the molecule is C=C(C)[C@H]1CC[C@]2(COC(C)=O)CC[C@]3(C)[C@@H](CC[C@@H]4[C@]5(C)CC[C@H](OC(C)=O)C(C)(C)[C@@H]5CC[C@@]43C)[C@H]12. The Morgan fingerprint density at radius 1 is 0.763 bits per heavy atom. The van der Waals surface area contributed by atoms with Crippen molar-refractivity contribution in [3.8, 4) is 0 Å². The molecule has 5 aliphatic rings. The number of carbonyl (C=O) groups excluding carboxylic acids is 2. The first-order chi connectivity index (χ1) is 17.6. The van der Waals surface area contributed by atoms with E-state index >= 15 is 0 Å². The summed E-state index contributed by atoms with van der Waals surface area (Å²) in [5.74, 6) is 2.76. The van der Waals surface area contributed by atoms with E-state index in [0.29, 0.717) is 41.6 Å². The molecule has 0 spiro atoms. The van der Waals surface area contributed by atoms with Crippen LogP contribution in [-0.2, 0) is 19.1 Å². The molecule has 0 radical (unpaired) electrons. The fourth-order valence-electron chi connectivity index (χ4n) is 12.2. The van der Waals surface area contributed by atoms with Gasteiger partial charge in [-0.2, -0.15) is 0 Å². The smallest absolute Gasteiger partial charge is 0.302 e. The van der Waals surface area contributed by atoms with Crippen LogP contribution in [0, 0.1) is 56.7 Å². The monoisotopic (exact) mass is 526 g/mol. The molecule has 0 amide bonds. The van der Waals surface area contributed by atoms with Gasteiger partial charge in [-0.05, 0) is 117 Å². The van der Waals surface area contributed by atoms with Crippen LogP contribution in [0.2, 0.25) is 0 Å². The molecule has 0 bridgehead atoms. The summed E-state index contributed by atoms with van der Waals surface area (Å²) in [4.78, 5) is 23.8. The van der Waals surface area contributed by atoms with Gasteiger partial charge in [0.05, 0.1) is 6.61 Å². The lowest BCUT2D eigenvalue weighted by Gasteiger charge is -2.73. The van der Waals surface area contributed by atoms with Crippen molar-refractivity contribution in [1.82, 2.24) is 0 Å². The minimum absolute atomic E-state index is 0.00000109. The maximum Gasteiger partial charge on any atom is 0.302 e. The molecule has 4 heteroatoms. The molecule has 5 saturated carbocycles. The van der Waals surface area contributed by atoms with E-state index < -0.39 is 0 Å². The van der Waals surface area contributed by atoms with E-state index in [4.69, 9.17) is 9.47 Å². The fraction of sp³-hybridized carbons (Fsp3) is 0.882. The highest BCUT2D eigenvalue weighted by atomic mass is 16.5. The molecule has 5 rings (SSSR count). The van der Waals surface area contributed by atoms with Crippen molar-refractivity contribution in [2.45, 2.75) is 126 Å². The Balaban J connectivity index is 1.49. The van der Waals surface area contributed by atoms with Gasteiger partial charge < -0.3 is 9.47 Å². The summed E-state index contributed by atoms with van der Waals surface area (Å²) in [6.45, 7) is 23.1. The molecular weight excluding hydrogens is 472 g/mol. The van der Waals surface area contributed by atoms with E-state index in [1.807, 2.05) is 0 Å². The fourth-order valence-corrected chi connectivity index (χ4v) is 12.2. The summed E-state index contributed by atoms with van der Waals surface area (Å²) in [5.41, 5.74) is 2.30. The van der Waals surface area contributed by atoms with Crippen molar-refractivity contribution < 1.29 is 19.1 Å². The van der Waals surface area contributed by atoms with Crippen molar-refractivity contribution in [2.75, 3.05) is 6.61 Å². The van der Waals surface area contributed by atoms with Gasteiger partial charge >= 0.3 is 11.9 Å². The number of hydrogen-bond donors (Lipinski definition) is 0. The van der Waals surface area contributed by atoms with Gasteiger partial charge in [0.25, 0.3) is 0 Å². The molecule has 0 aromatic rings. The van der Waals surface area contributed by atoms with E-state index in [1.165, 1.54) is 56.9 Å². The van der Waals surface area contributed by atoms with Crippen LogP contribution >= 0.6 is 0 Å². The van der Waals surface area contributed by atoms with Gasteiger partial charge in [-0.1, -0.05) is 46.8 Å². The van der Waals surface area contributed by atoms with Gasteiger partial charge in [0.15, 0.2) is 0 Å². The quantitative estimate of drug-likeness (QED) is 0.274. The number of allylic oxidation sites excluding steroid dienone is 1. The van der Waals surface area contributed by atoms with Gasteiger partial charge in [0.1, 0.15) is 6.10 Å². The molecule has 0 saturated heterocycles. The number of rotatable bonds is 4. The molecule has 0 N–H and O–H groups in total. The minimum atomic E-state index is -0.140. The molecule has 0 unspecified atom stereocenters. The number of fused-ring (bicyclic) bond motifs is 7. The van der Waals surface area contributed by atoms with Crippen LogP contribution < -0.4 is 0 Å². The summed E-state index contributed by atoms with van der Waals surface area (Å²) >= 11 is 0. The first-order valence-corrected chi connectivity index (χ1v) is 15.6. The van der Waals surface area contributed by atoms with E-state index in [9.17, 15) is 9.59 Å². The third kappa shape index (κ3) is 3.80. The van der Waals surface area contributed by atoms with Gasteiger partial charge in [-0.25, -0.2) is 0 Å². The second kappa shape index (κ2) is 9.10. The summed E-state index contributed by atoms with van der Waals surface area (Å²) < 4.78 is 11.7. The Labute approximate surface area is 232 Å². The van der Waals surface area contributed by atoms with Crippen LogP contribution in [0.1, 0.15) is 120 Å². The van der Waals surface area contributed by atoms with Crippen LogP contribution in [0.4, 0.5) is 0 Å².